The molecular formula is C23H24N4O2S. The third-order valence-electron chi connectivity index (χ3n) is 5.08. The fourth-order valence-electron chi connectivity index (χ4n) is 3.47. The van der Waals surface area contributed by atoms with Crippen molar-refractivity contribution in [3.8, 4) is 0 Å². The number of para-hydroxylation sites is 2. The van der Waals surface area contributed by atoms with Gasteiger partial charge in [-0.2, -0.15) is 0 Å². The molecule has 7 heteroatoms. The van der Waals surface area contributed by atoms with Crippen LogP contribution in [0.3, 0.4) is 0 Å². The number of nitrogens with one attached hydrogen (secondary N) is 1. The highest BCUT2D eigenvalue weighted by atomic mass is 32.1. The molecule has 4 rings (SSSR count). The Hall–Kier alpha value is -3.19. The lowest BCUT2D eigenvalue weighted by Gasteiger charge is -2.36. The van der Waals surface area contributed by atoms with Crippen molar-refractivity contribution in [2.75, 3.05) is 37.6 Å². The highest BCUT2D eigenvalue weighted by Gasteiger charge is 2.20. The Morgan fingerprint density at radius 2 is 1.73 bits per heavy atom. The van der Waals surface area contributed by atoms with Gasteiger partial charge in [0.15, 0.2) is 0 Å². The smallest absolute Gasteiger partial charge is 0.244 e. The summed E-state index contributed by atoms with van der Waals surface area (Å²) in [5.41, 5.74) is 2.12. The number of anilines is 1. The normalized spacial score (nSPS) is 14.4. The van der Waals surface area contributed by atoms with Gasteiger partial charge in [0.25, 0.3) is 0 Å². The van der Waals surface area contributed by atoms with Crippen LogP contribution in [-0.4, -0.2) is 54.4 Å². The van der Waals surface area contributed by atoms with Crippen LogP contribution in [0.2, 0.25) is 0 Å². The van der Waals surface area contributed by atoms with Crippen molar-refractivity contribution in [3.63, 3.8) is 0 Å². The number of nitrogens with zero attached hydrogens (tertiary/aromatic N) is 3. The Morgan fingerprint density at radius 1 is 1.00 bits per heavy atom. The van der Waals surface area contributed by atoms with Crippen molar-refractivity contribution in [2.45, 2.75) is 6.42 Å². The van der Waals surface area contributed by atoms with Crippen LogP contribution in [0.15, 0.2) is 60.7 Å². The van der Waals surface area contributed by atoms with E-state index in [1.807, 2.05) is 47.4 Å². The van der Waals surface area contributed by atoms with Gasteiger partial charge in [0.05, 0.1) is 10.2 Å². The summed E-state index contributed by atoms with van der Waals surface area (Å²) in [5.74, 6) is -0.130. The summed E-state index contributed by atoms with van der Waals surface area (Å²) in [6.45, 7) is 3.40. The molecule has 0 saturated carbocycles. The van der Waals surface area contributed by atoms with E-state index in [1.54, 1.807) is 17.4 Å². The first-order valence-corrected chi connectivity index (χ1v) is 10.9. The Labute approximate surface area is 179 Å². The van der Waals surface area contributed by atoms with Crippen LogP contribution >= 0.6 is 11.3 Å². The van der Waals surface area contributed by atoms with Gasteiger partial charge < -0.3 is 15.1 Å². The number of thiazole rings is 1. The summed E-state index contributed by atoms with van der Waals surface area (Å²) < 4.78 is 1.09. The van der Waals surface area contributed by atoms with E-state index >= 15 is 0 Å². The maximum atomic E-state index is 12.4. The van der Waals surface area contributed by atoms with Gasteiger partial charge in [0.1, 0.15) is 5.01 Å². The Bertz CT molecular complexity index is 1010. The number of amides is 2. The van der Waals surface area contributed by atoms with Gasteiger partial charge in [0, 0.05) is 50.9 Å². The van der Waals surface area contributed by atoms with Crippen LogP contribution in [0.4, 0.5) is 5.69 Å². The molecule has 1 aromatic heterocycles. The van der Waals surface area contributed by atoms with E-state index in [9.17, 15) is 9.59 Å². The van der Waals surface area contributed by atoms with Crippen LogP contribution in [0.1, 0.15) is 11.4 Å². The fourth-order valence-corrected chi connectivity index (χ4v) is 4.34. The summed E-state index contributed by atoms with van der Waals surface area (Å²) in [6, 6.07) is 18.1. The first kappa shape index (κ1) is 20.1. The molecule has 0 atom stereocenters. The zero-order valence-corrected chi connectivity index (χ0v) is 17.5. The fraction of sp³-hybridized carbons (Fsp3) is 0.261. The number of rotatable bonds is 6. The van der Waals surface area contributed by atoms with Crippen LogP contribution in [0.5, 0.6) is 0 Å². The van der Waals surface area contributed by atoms with Crippen molar-refractivity contribution in [3.05, 3.63) is 65.7 Å². The molecule has 0 unspecified atom stereocenters. The first-order valence-electron chi connectivity index (χ1n) is 10.1. The maximum absolute atomic E-state index is 12.4. The molecule has 1 N–H and O–H groups in total. The third-order valence-corrected chi connectivity index (χ3v) is 6.08. The van der Waals surface area contributed by atoms with Crippen molar-refractivity contribution < 1.29 is 9.59 Å². The van der Waals surface area contributed by atoms with Crippen LogP contribution < -0.4 is 10.2 Å². The van der Waals surface area contributed by atoms with E-state index in [0.717, 1.165) is 28.3 Å². The molecule has 1 aliphatic rings. The summed E-state index contributed by atoms with van der Waals surface area (Å²) in [6.07, 6.45) is 3.50. The second kappa shape index (κ2) is 9.54. The van der Waals surface area contributed by atoms with Gasteiger partial charge in [0.2, 0.25) is 11.8 Å². The number of hydrogen-bond acceptors (Lipinski definition) is 5. The predicted octanol–water partition coefficient (Wildman–Crippen LogP) is 3.16. The first-order chi connectivity index (χ1) is 14.7. The lowest BCUT2D eigenvalue weighted by molar-refractivity contribution is -0.131. The third kappa shape index (κ3) is 5.04. The number of hydrogen-bond donors (Lipinski definition) is 1. The SMILES string of the molecule is O=C(/C=C/c1nc2ccccc2s1)NCCC(=O)N1CCN(c2ccccc2)CC1. The molecule has 30 heavy (non-hydrogen) atoms. The summed E-state index contributed by atoms with van der Waals surface area (Å²) in [4.78, 5) is 33.1. The number of aromatic nitrogens is 1. The molecule has 1 saturated heterocycles. The molecule has 0 aliphatic carbocycles. The molecule has 2 heterocycles. The predicted molar refractivity (Wildman–Crippen MR) is 122 cm³/mol. The van der Waals surface area contributed by atoms with E-state index in [0.29, 0.717) is 26.1 Å². The minimum Gasteiger partial charge on any atom is -0.368 e. The van der Waals surface area contributed by atoms with Gasteiger partial charge in [-0.3, -0.25) is 9.59 Å². The van der Waals surface area contributed by atoms with Crippen LogP contribution in [0, 0.1) is 0 Å². The minimum absolute atomic E-state index is 0.0816. The molecule has 1 aliphatic heterocycles. The number of carbonyl (C=O) groups excluding carboxylic acids is 2. The standard InChI is InChI=1S/C23H24N4O2S/c28-21(10-11-22-25-19-8-4-5-9-20(19)30-22)24-13-12-23(29)27-16-14-26(15-17-27)18-6-2-1-3-7-18/h1-11H,12-17H2,(H,24,28)/b11-10+. The molecule has 0 bridgehead atoms. The Morgan fingerprint density at radius 3 is 2.50 bits per heavy atom. The molecule has 0 spiro atoms. The Balaban J connectivity index is 1.18. The number of piperazine rings is 1. The van der Waals surface area contributed by atoms with Crippen LogP contribution in [0.25, 0.3) is 16.3 Å². The van der Waals surface area contributed by atoms with Gasteiger partial charge >= 0.3 is 0 Å². The number of carbonyl (C=O) groups is 2. The summed E-state index contributed by atoms with van der Waals surface area (Å²) in [5, 5.41) is 3.57. The second-order valence-corrected chi connectivity index (χ2v) is 8.16. The van der Waals surface area contributed by atoms with Crippen molar-refractivity contribution in [1.82, 2.24) is 15.2 Å². The molecule has 2 amide bonds. The zero-order chi connectivity index (χ0) is 20.8. The second-order valence-electron chi connectivity index (χ2n) is 7.10. The molecule has 0 radical (unpaired) electrons. The quantitative estimate of drug-likeness (QED) is 0.622. The summed E-state index contributed by atoms with van der Waals surface area (Å²) in [7, 11) is 0. The van der Waals surface area contributed by atoms with Gasteiger partial charge in [-0.15, -0.1) is 11.3 Å². The largest absolute Gasteiger partial charge is 0.368 e. The average Bonchev–Trinajstić information content (AvgIpc) is 3.21. The molecule has 6 nitrogen and oxygen atoms in total. The topological polar surface area (TPSA) is 65.5 Å². The van der Waals surface area contributed by atoms with E-state index < -0.39 is 0 Å². The Kier molecular flexibility index (Phi) is 6.39. The monoisotopic (exact) mass is 420 g/mol. The maximum Gasteiger partial charge on any atom is 0.244 e. The summed E-state index contributed by atoms with van der Waals surface area (Å²) >= 11 is 1.54. The van der Waals surface area contributed by atoms with Gasteiger partial charge in [-0.1, -0.05) is 30.3 Å². The van der Waals surface area contributed by atoms with Gasteiger partial charge in [-0.05, 0) is 30.3 Å². The van der Waals surface area contributed by atoms with Crippen LogP contribution in [-0.2, 0) is 9.59 Å². The number of fused-ring (bicyclic) bond motifs is 1. The molecule has 1 fully saturated rings. The highest BCUT2D eigenvalue weighted by molar-refractivity contribution is 7.19. The van der Waals surface area contributed by atoms with Crippen molar-refractivity contribution in [2.24, 2.45) is 0 Å². The van der Waals surface area contributed by atoms with Crippen molar-refractivity contribution >= 4 is 45.1 Å². The molecular weight excluding hydrogens is 396 g/mol. The van der Waals surface area contributed by atoms with E-state index in [1.165, 1.54) is 11.8 Å². The zero-order valence-electron chi connectivity index (χ0n) is 16.7. The minimum atomic E-state index is -0.212. The molecule has 154 valence electrons. The molecule has 2 aromatic carbocycles. The van der Waals surface area contributed by atoms with E-state index in [4.69, 9.17) is 0 Å². The van der Waals surface area contributed by atoms with E-state index in [2.05, 4.69) is 27.3 Å². The lowest BCUT2D eigenvalue weighted by atomic mass is 10.2. The van der Waals surface area contributed by atoms with E-state index in [-0.39, 0.29) is 11.8 Å². The lowest BCUT2D eigenvalue weighted by Crippen LogP contribution is -2.49. The molecule has 3 aromatic rings. The average molecular weight is 421 g/mol. The highest BCUT2D eigenvalue weighted by Crippen LogP contribution is 2.22. The van der Waals surface area contributed by atoms with Crippen molar-refractivity contribution in [1.29, 1.82) is 0 Å². The number of benzene rings is 2. The van der Waals surface area contributed by atoms with Gasteiger partial charge in [-0.25, -0.2) is 4.98 Å².